The largest absolute Gasteiger partial charge is 0.454 e. The molecule has 1 aromatic heterocycles. The lowest BCUT2D eigenvalue weighted by molar-refractivity contribution is 0.102. The summed E-state index contributed by atoms with van der Waals surface area (Å²) in [6.45, 7) is 1.98. The molecule has 1 aromatic carbocycles. The van der Waals surface area contributed by atoms with Gasteiger partial charge in [0, 0.05) is 10.9 Å². The monoisotopic (exact) mass is 296 g/mol. The second-order valence-corrected chi connectivity index (χ2v) is 5.21. The van der Waals surface area contributed by atoms with Crippen LogP contribution in [0.2, 0.25) is 5.02 Å². The molecular formula is C12H9ClN2O3S. The number of amides is 1. The van der Waals surface area contributed by atoms with Crippen LogP contribution < -0.4 is 14.8 Å². The van der Waals surface area contributed by atoms with Crippen LogP contribution >= 0.6 is 22.9 Å². The average Bonchev–Trinajstić information content (AvgIpc) is 2.98. The van der Waals surface area contributed by atoms with E-state index in [0.717, 1.165) is 5.69 Å². The summed E-state index contributed by atoms with van der Waals surface area (Å²) in [5.74, 6) is 0.672. The minimum Gasteiger partial charge on any atom is -0.454 e. The van der Waals surface area contributed by atoms with Crippen molar-refractivity contribution in [3.8, 4) is 11.5 Å². The molecule has 1 aliphatic heterocycles. The Morgan fingerprint density at radius 2 is 2.32 bits per heavy atom. The van der Waals surface area contributed by atoms with Crippen LogP contribution in [0.3, 0.4) is 0 Å². The van der Waals surface area contributed by atoms with Crippen molar-refractivity contribution < 1.29 is 14.3 Å². The summed E-state index contributed by atoms with van der Waals surface area (Å²) in [5.41, 5.74) is 1.27. The molecule has 0 fully saturated rings. The predicted molar refractivity (Wildman–Crippen MR) is 72.4 cm³/mol. The lowest BCUT2D eigenvalue weighted by Gasteiger charge is -2.04. The van der Waals surface area contributed by atoms with Crippen molar-refractivity contribution in [2.75, 3.05) is 12.1 Å². The first-order chi connectivity index (χ1) is 9.13. The van der Waals surface area contributed by atoms with Gasteiger partial charge in [0.15, 0.2) is 16.6 Å². The van der Waals surface area contributed by atoms with Crippen LogP contribution in [0.25, 0.3) is 0 Å². The van der Waals surface area contributed by atoms with Gasteiger partial charge in [-0.15, -0.1) is 11.3 Å². The molecule has 1 amide bonds. The van der Waals surface area contributed by atoms with Crippen molar-refractivity contribution in [2.45, 2.75) is 6.92 Å². The average molecular weight is 297 g/mol. The second-order valence-electron chi connectivity index (χ2n) is 3.94. The number of hydrogen-bond donors (Lipinski definition) is 1. The molecule has 0 atom stereocenters. The summed E-state index contributed by atoms with van der Waals surface area (Å²) in [6, 6.07) is 3.15. The minimum absolute atomic E-state index is 0.117. The number of carbonyl (C=O) groups excluding carboxylic acids is 1. The summed E-state index contributed by atoms with van der Waals surface area (Å²) in [5, 5.41) is 5.48. The van der Waals surface area contributed by atoms with E-state index in [-0.39, 0.29) is 12.7 Å². The van der Waals surface area contributed by atoms with Gasteiger partial charge in [-0.2, -0.15) is 0 Å². The molecule has 0 radical (unpaired) electrons. The normalized spacial score (nSPS) is 12.5. The molecule has 1 aliphatic rings. The Kier molecular flexibility index (Phi) is 3.04. The fraction of sp³-hybridized carbons (Fsp3) is 0.167. The summed E-state index contributed by atoms with van der Waals surface area (Å²) in [6.07, 6.45) is 0. The Hall–Kier alpha value is -1.79. The number of nitrogens with one attached hydrogen (secondary N) is 1. The molecule has 0 saturated heterocycles. The van der Waals surface area contributed by atoms with E-state index in [2.05, 4.69) is 10.3 Å². The third-order valence-electron chi connectivity index (χ3n) is 2.53. The molecule has 3 rings (SSSR count). The smallest absolute Gasteiger partial charge is 0.257 e. The van der Waals surface area contributed by atoms with E-state index in [1.54, 1.807) is 12.1 Å². The Balaban J connectivity index is 1.86. The van der Waals surface area contributed by atoms with Crippen LogP contribution in [0.4, 0.5) is 5.13 Å². The number of nitrogens with zero attached hydrogens (tertiary/aromatic N) is 1. The van der Waals surface area contributed by atoms with Crippen LogP contribution in [0.5, 0.6) is 11.5 Å². The fourth-order valence-electron chi connectivity index (χ4n) is 1.68. The zero-order valence-corrected chi connectivity index (χ0v) is 11.5. The number of carbonyl (C=O) groups is 1. The number of anilines is 1. The standard InChI is InChI=1S/C12H9ClN2O3S/c1-6-4-19-12(14-6)15-11(16)7-2-8(13)10-9(3-7)17-5-18-10/h2-4H,5H2,1H3,(H,14,15,16). The summed E-state index contributed by atoms with van der Waals surface area (Å²) >= 11 is 7.40. The predicted octanol–water partition coefficient (Wildman–Crippen LogP) is 3.09. The number of aryl methyl sites for hydroxylation is 1. The van der Waals surface area contributed by atoms with Gasteiger partial charge in [0.25, 0.3) is 5.91 Å². The van der Waals surface area contributed by atoms with E-state index in [4.69, 9.17) is 21.1 Å². The molecule has 1 N–H and O–H groups in total. The summed E-state index contributed by atoms with van der Waals surface area (Å²) < 4.78 is 10.4. The molecular weight excluding hydrogens is 288 g/mol. The Bertz CT molecular complexity index is 656. The SMILES string of the molecule is Cc1csc(NC(=O)c2cc(Cl)c3c(c2)OCO3)n1. The lowest BCUT2D eigenvalue weighted by Crippen LogP contribution is -2.11. The van der Waals surface area contributed by atoms with Gasteiger partial charge in [-0.1, -0.05) is 11.6 Å². The van der Waals surface area contributed by atoms with Crippen molar-refractivity contribution in [1.29, 1.82) is 0 Å². The van der Waals surface area contributed by atoms with E-state index >= 15 is 0 Å². The van der Waals surface area contributed by atoms with Gasteiger partial charge in [0.2, 0.25) is 6.79 Å². The maximum atomic E-state index is 12.1. The number of aromatic nitrogens is 1. The second kappa shape index (κ2) is 4.71. The molecule has 0 spiro atoms. The highest BCUT2D eigenvalue weighted by Crippen LogP contribution is 2.39. The van der Waals surface area contributed by atoms with Gasteiger partial charge < -0.3 is 9.47 Å². The van der Waals surface area contributed by atoms with Gasteiger partial charge in [-0.3, -0.25) is 10.1 Å². The van der Waals surface area contributed by atoms with Crippen LogP contribution in [0.15, 0.2) is 17.5 Å². The van der Waals surface area contributed by atoms with Crippen LogP contribution in [-0.4, -0.2) is 17.7 Å². The van der Waals surface area contributed by atoms with E-state index < -0.39 is 0 Å². The van der Waals surface area contributed by atoms with E-state index in [1.807, 2.05) is 12.3 Å². The van der Waals surface area contributed by atoms with E-state index in [9.17, 15) is 4.79 Å². The van der Waals surface area contributed by atoms with Crippen LogP contribution in [-0.2, 0) is 0 Å². The van der Waals surface area contributed by atoms with Crippen molar-refractivity contribution in [1.82, 2.24) is 4.98 Å². The highest BCUT2D eigenvalue weighted by Gasteiger charge is 2.21. The quantitative estimate of drug-likeness (QED) is 0.925. The van der Waals surface area contributed by atoms with Gasteiger partial charge in [0.1, 0.15) is 0 Å². The maximum Gasteiger partial charge on any atom is 0.257 e. The highest BCUT2D eigenvalue weighted by molar-refractivity contribution is 7.13. The third kappa shape index (κ3) is 2.36. The number of fused-ring (bicyclic) bond motifs is 1. The first-order valence-electron chi connectivity index (χ1n) is 5.46. The number of ether oxygens (including phenoxy) is 2. The van der Waals surface area contributed by atoms with Gasteiger partial charge >= 0.3 is 0 Å². The summed E-state index contributed by atoms with van der Waals surface area (Å²) in [4.78, 5) is 16.2. The number of hydrogen-bond acceptors (Lipinski definition) is 5. The van der Waals surface area contributed by atoms with E-state index in [1.165, 1.54) is 11.3 Å². The van der Waals surface area contributed by atoms with Crippen molar-refractivity contribution in [3.05, 3.63) is 33.8 Å². The number of rotatable bonds is 2. The molecule has 5 nitrogen and oxygen atoms in total. The molecule has 0 bridgehead atoms. The minimum atomic E-state index is -0.283. The molecule has 0 unspecified atom stereocenters. The van der Waals surface area contributed by atoms with E-state index in [0.29, 0.717) is 27.2 Å². The molecule has 0 saturated carbocycles. The summed E-state index contributed by atoms with van der Waals surface area (Å²) in [7, 11) is 0. The first-order valence-corrected chi connectivity index (χ1v) is 6.72. The highest BCUT2D eigenvalue weighted by atomic mass is 35.5. The Labute approximate surface area is 118 Å². The van der Waals surface area contributed by atoms with Crippen molar-refractivity contribution >= 4 is 34.0 Å². The fourth-order valence-corrected chi connectivity index (χ4v) is 2.63. The number of benzene rings is 1. The van der Waals surface area contributed by atoms with Gasteiger partial charge in [-0.05, 0) is 19.1 Å². The van der Waals surface area contributed by atoms with Gasteiger partial charge in [-0.25, -0.2) is 4.98 Å². The Morgan fingerprint density at radius 1 is 1.47 bits per heavy atom. The molecule has 2 heterocycles. The molecule has 98 valence electrons. The maximum absolute atomic E-state index is 12.1. The van der Waals surface area contributed by atoms with Gasteiger partial charge in [0.05, 0.1) is 10.7 Å². The Morgan fingerprint density at radius 3 is 3.05 bits per heavy atom. The third-order valence-corrected chi connectivity index (χ3v) is 3.69. The zero-order valence-electron chi connectivity index (χ0n) is 9.90. The topological polar surface area (TPSA) is 60.5 Å². The number of halogens is 1. The van der Waals surface area contributed by atoms with Crippen LogP contribution in [0, 0.1) is 6.92 Å². The zero-order chi connectivity index (χ0) is 13.4. The molecule has 19 heavy (non-hydrogen) atoms. The molecule has 2 aromatic rings. The lowest BCUT2D eigenvalue weighted by atomic mass is 10.2. The molecule has 0 aliphatic carbocycles. The van der Waals surface area contributed by atoms with Crippen LogP contribution in [0.1, 0.15) is 16.1 Å². The van der Waals surface area contributed by atoms with Crippen molar-refractivity contribution in [2.24, 2.45) is 0 Å². The molecule has 7 heteroatoms. The first kappa shape index (κ1) is 12.3. The number of thiazole rings is 1. The van der Waals surface area contributed by atoms with Crippen molar-refractivity contribution in [3.63, 3.8) is 0 Å².